The van der Waals surface area contributed by atoms with Gasteiger partial charge in [0.15, 0.2) is 6.04 Å². The van der Waals surface area contributed by atoms with Gasteiger partial charge in [-0.25, -0.2) is 0 Å². The Bertz CT molecular complexity index is 862. The lowest BCUT2D eigenvalue weighted by Crippen LogP contribution is -2.51. The van der Waals surface area contributed by atoms with E-state index < -0.39 is 23.7 Å². The molecule has 1 aliphatic heterocycles. The second-order valence-corrected chi connectivity index (χ2v) is 7.70. The predicted octanol–water partition coefficient (Wildman–Crippen LogP) is 4.75. The van der Waals surface area contributed by atoms with Crippen molar-refractivity contribution in [2.45, 2.75) is 58.0 Å². The SMILES string of the molecule is CC(C)Oc1ccc2ccccc2c1[C@H](N1NC(=O)CC1(C)C)C(F)(F)F. The summed E-state index contributed by atoms with van der Waals surface area (Å²) in [5.74, 6) is -0.260. The van der Waals surface area contributed by atoms with Crippen molar-refractivity contribution in [3.8, 4) is 5.75 Å². The first-order valence-electron chi connectivity index (χ1n) is 8.84. The molecule has 0 saturated carbocycles. The zero-order valence-corrected chi connectivity index (χ0v) is 15.7. The quantitative estimate of drug-likeness (QED) is 0.833. The molecule has 1 aliphatic rings. The molecule has 0 aromatic heterocycles. The summed E-state index contributed by atoms with van der Waals surface area (Å²) in [6.07, 6.45) is -4.92. The van der Waals surface area contributed by atoms with E-state index in [2.05, 4.69) is 5.43 Å². The van der Waals surface area contributed by atoms with Crippen LogP contribution in [-0.2, 0) is 4.79 Å². The lowest BCUT2D eigenvalue weighted by Gasteiger charge is -2.39. The van der Waals surface area contributed by atoms with Crippen molar-refractivity contribution in [1.82, 2.24) is 10.4 Å². The van der Waals surface area contributed by atoms with Crippen LogP contribution in [0, 0.1) is 0 Å². The Hall–Kier alpha value is -2.28. The standard InChI is InChI=1S/C20H23F3N2O2/c1-12(2)27-15-10-9-13-7-5-6-8-14(13)17(15)18(20(21,22)23)25-19(3,4)11-16(26)24-25/h5-10,12,18H,11H2,1-4H3,(H,24,26)/t18-/m0/s1. The highest BCUT2D eigenvalue weighted by atomic mass is 19.4. The molecule has 0 aliphatic carbocycles. The van der Waals surface area contributed by atoms with E-state index in [1.807, 2.05) is 0 Å². The lowest BCUT2D eigenvalue weighted by molar-refractivity contribution is -0.203. The summed E-state index contributed by atoms with van der Waals surface area (Å²) in [6, 6.07) is 8.18. The van der Waals surface area contributed by atoms with Crippen LogP contribution >= 0.6 is 0 Å². The number of halogens is 3. The van der Waals surface area contributed by atoms with Crippen LogP contribution in [0.3, 0.4) is 0 Å². The lowest BCUT2D eigenvalue weighted by atomic mass is 9.93. The average molecular weight is 380 g/mol. The molecule has 2 aromatic carbocycles. The minimum atomic E-state index is -4.62. The molecule has 1 saturated heterocycles. The molecular weight excluding hydrogens is 357 g/mol. The number of rotatable bonds is 4. The summed E-state index contributed by atoms with van der Waals surface area (Å²) in [4.78, 5) is 11.9. The zero-order chi connectivity index (χ0) is 20.0. The van der Waals surface area contributed by atoms with Crippen LogP contribution in [-0.4, -0.2) is 28.7 Å². The molecule has 0 bridgehead atoms. The summed E-state index contributed by atoms with van der Waals surface area (Å²) >= 11 is 0. The normalized spacial score (nSPS) is 18.7. The molecule has 0 radical (unpaired) electrons. The maximum Gasteiger partial charge on any atom is 0.410 e. The third-order valence-electron chi connectivity index (χ3n) is 4.63. The molecule has 0 unspecified atom stereocenters. The number of hydrogen-bond acceptors (Lipinski definition) is 3. The molecule has 146 valence electrons. The number of nitrogens with zero attached hydrogens (tertiary/aromatic N) is 1. The largest absolute Gasteiger partial charge is 0.491 e. The summed E-state index contributed by atoms with van der Waals surface area (Å²) in [5, 5.41) is 2.15. The first-order chi connectivity index (χ1) is 12.5. The molecule has 1 fully saturated rings. The number of amides is 1. The van der Waals surface area contributed by atoms with Crippen LogP contribution in [0.1, 0.15) is 45.7 Å². The maximum absolute atomic E-state index is 14.3. The number of benzene rings is 2. The second kappa shape index (κ2) is 6.71. The van der Waals surface area contributed by atoms with Crippen molar-refractivity contribution in [1.29, 1.82) is 0 Å². The van der Waals surface area contributed by atoms with E-state index in [1.165, 1.54) is 0 Å². The minimum Gasteiger partial charge on any atom is -0.491 e. The Morgan fingerprint density at radius 1 is 1.15 bits per heavy atom. The van der Waals surface area contributed by atoms with E-state index >= 15 is 0 Å². The van der Waals surface area contributed by atoms with Crippen molar-refractivity contribution < 1.29 is 22.7 Å². The molecule has 4 nitrogen and oxygen atoms in total. The average Bonchev–Trinajstić information content (AvgIpc) is 2.80. The predicted molar refractivity (Wildman–Crippen MR) is 97.2 cm³/mol. The molecule has 3 rings (SSSR count). The number of alkyl halides is 3. The van der Waals surface area contributed by atoms with E-state index in [1.54, 1.807) is 64.1 Å². The number of nitrogens with one attached hydrogen (secondary N) is 1. The van der Waals surface area contributed by atoms with Crippen LogP contribution in [0.15, 0.2) is 36.4 Å². The topological polar surface area (TPSA) is 41.6 Å². The van der Waals surface area contributed by atoms with Gasteiger partial charge >= 0.3 is 6.18 Å². The van der Waals surface area contributed by atoms with Gasteiger partial charge in [0.05, 0.1) is 6.10 Å². The third kappa shape index (κ3) is 3.74. The van der Waals surface area contributed by atoms with E-state index in [-0.39, 0.29) is 23.8 Å². The fourth-order valence-electron chi connectivity index (χ4n) is 3.57. The van der Waals surface area contributed by atoms with E-state index in [0.29, 0.717) is 10.8 Å². The van der Waals surface area contributed by atoms with Crippen molar-refractivity contribution in [3.63, 3.8) is 0 Å². The number of ether oxygens (including phenoxy) is 1. The fraction of sp³-hybridized carbons (Fsp3) is 0.450. The second-order valence-electron chi connectivity index (χ2n) is 7.70. The molecular formula is C20H23F3N2O2. The van der Waals surface area contributed by atoms with Gasteiger partial charge in [-0.15, -0.1) is 0 Å². The first kappa shape index (κ1) is 19.5. The molecule has 7 heteroatoms. The zero-order valence-electron chi connectivity index (χ0n) is 15.7. The van der Waals surface area contributed by atoms with Gasteiger partial charge in [0.2, 0.25) is 5.91 Å². The Labute approximate surface area is 156 Å². The highest BCUT2D eigenvalue weighted by Crippen LogP contribution is 2.48. The van der Waals surface area contributed by atoms with Crippen LogP contribution in [0.2, 0.25) is 0 Å². The van der Waals surface area contributed by atoms with Crippen molar-refractivity contribution in [3.05, 3.63) is 42.0 Å². The Balaban J connectivity index is 2.28. The van der Waals surface area contributed by atoms with Gasteiger partial charge in [-0.05, 0) is 44.5 Å². The number of carbonyl (C=O) groups is 1. The molecule has 1 atom stereocenters. The van der Waals surface area contributed by atoms with E-state index in [9.17, 15) is 18.0 Å². The van der Waals surface area contributed by atoms with Crippen molar-refractivity contribution >= 4 is 16.7 Å². The summed E-state index contributed by atoms with van der Waals surface area (Å²) in [5.41, 5.74) is 1.43. The fourth-order valence-corrected chi connectivity index (χ4v) is 3.57. The Kier molecular flexibility index (Phi) is 4.84. The monoisotopic (exact) mass is 380 g/mol. The highest BCUT2D eigenvalue weighted by Gasteiger charge is 2.54. The van der Waals surface area contributed by atoms with Crippen molar-refractivity contribution in [2.24, 2.45) is 0 Å². The van der Waals surface area contributed by atoms with E-state index in [4.69, 9.17) is 4.74 Å². The highest BCUT2D eigenvalue weighted by molar-refractivity contribution is 5.88. The van der Waals surface area contributed by atoms with Crippen LogP contribution in [0.4, 0.5) is 13.2 Å². The van der Waals surface area contributed by atoms with Gasteiger partial charge in [-0.2, -0.15) is 18.2 Å². The Morgan fingerprint density at radius 3 is 2.37 bits per heavy atom. The Morgan fingerprint density at radius 2 is 1.81 bits per heavy atom. The summed E-state index contributed by atoms with van der Waals surface area (Å²) in [6.45, 7) is 6.78. The number of fused-ring (bicyclic) bond motifs is 1. The number of hydrogen-bond donors (Lipinski definition) is 1. The minimum absolute atomic E-state index is 0.00921. The molecule has 1 N–H and O–H groups in total. The summed E-state index contributed by atoms with van der Waals surface area (Å²) < 4.78 is 48.7. The number of hydrazine groups is 1. The molecule has 1 amide bonds. The number of carbonyl (C=O) groups excluding carboxylic acids is 1. The van der Waals surface area contributed by atoms with Crippen LogP contribution < -0.4 is 10.2 Å². The van der Waals surface area contributed by atoms with Gasteiger partial charge in [0.25, 0.3) is 0 Å². The van der Waals surface area contributed by atoms with Gasteiger partial charge < -0.3 is 4.74 Å². The van der Waals surface area contributed by atoms with Crippen molar-refractivity contribution in [2.75, 3.05) is 0 Å². The van der Waals surface area contributed by atoms with E-state index in [0.717, 1.165) is 5.01 Å². The van der Waals surface area contributed by atoms with Gasteiger partial charge in [0, 0.05) is 17.5 Å². The van der Waals surface area contributed by atoms with Gasteiger partial charge in [-0.1, -0.05) is 30.3 Å². The first-order valence-corrected chi connectivity index (χ1v) is 8.84. The summed E-state index contributed by atoms with van der Waals surface area (Å²) in [7, 11) is 0. The molecule has 1 heterocycles. The van der Waals surface area contributed by atoms with Gasteiger partial charge in [-0.3, -0.25) is 10.2 Å². The third-order valence-corrected chi connectivity index (χ3v) is 4.63. The van der Waals surface area contributed by atoms with Crippen LogP contribution in [0.5, 0.6) is 5.75 Å². The van der Waals surface area contributed by atoms with Crippen LogP contribution in [0.25, 0.3) is 10.8 Å². The molecule has 0 spiro atoms. The van der Waals surface area contributed by atoms with Gasteiger partial charge in [0.1, 0.15) is 5.75 Å². The molecule has 27 heavy (non-hydrogen) atoms. The molecule has 2 aromatic rings. The smallest absolute Gasteiger partial charge is 0.410 e. The maximum atomic E-state index is 14.3.